The van der Waals surface area contributed by atoms with E-state index in [1.165, 1.54) is 18.9 Å². The van der Waals surface area contributed by atoms with Crippen LogP contribution in [0.3, 0.4) is 0 Å². The van der Waals surface area contributed by atoms with Gasteiger partial charge in [0.15, 0.2) is 0 Å². The van der Waals surface area contributed by atoms with Crippen molar-refractivity contribution in [2.45, 2.75) is 19.4 Å². The van der Waals surface area contributed by atoms with Gasteiger partial charge in [-0.2, -0.15) is 0 Å². The van der Waals surface area contributed by atoms with E-state index in [0.29, 0.717) is 17.5 Å². The lowest BCUT2D eigenvalue weighted by atomic mass is 10.2. The summed E-state index contributed by atoms with van der Waals surface area (Å²) in [6.07, 6.45) is 4.01. The highest BCUT2D eigenvalue weighted by Gasteiger charge is 2.21. The van der Waals surface area contributed by atoms with Crippen molar-refractivity contribution in [2.24, 2.45) is 10.9 Å². The highest BCUT2D eigenvalue weighted by Crippen LogP contribution is 2.30. The molecular weight excluding hydrogens is 226 g/mol. The number of rotatable bonds is 5. The first-order valence-corrected chi connectivity index (χ1v) is 5.61. The summed E-state index contributed by atoms with van der Waals surface area (Å²) >= 11 is 5.94. The van der Waals surface area contributed by atoms with Gasteiger partial charge in [-0.25, -0.2) is 9.79 Å². The minimum Gasteiger partial charge on any atom is -0.493 e. The Morgan fingerprint density at radius 3 is 2.94 bits per heavy atom. The van der Waals surface area contributed by atoms with E-state index in [1.54, 1.807) is 12.1 Å². The maximum atomic E-state index is 10.0. The van der Waals surface area contributed by atoms with Crippen molar-refractivity contribution < 1.29 is 9.53 Å². The van der Waals surface area contributed by atoms with E-state index in [4.69, 9.17) is 16.3 Å². The molecule has 0 aliphatic heterocycles. The summed E-state index contributed by atoms with van der Waals surface area (Å²) in [4.78, 5) is 13.5. The van der Waals surface area contributed by atoms with Crippen LogP contribution in [0.25, 0.3) is 0 Å². The molecule has 0 unspecified atom stereocenters. The zero-order chi connectivity index (χ0) is 11.4. The molecule has 4 heteroatoms. The quantitative estimate of drug-likeness (QED) is 0.583. The van der Waals surface area contributed by atoms with E-state index in [0.717, 1.165) is 17.9 Å². The van der Waals surface area contributed by atoms with Crippen molar-refractivity contribution in [3.05, 3.63) is 28.8 Å². The first kappa shape index (κ1) is 11.2. The Hall–Kier alpha value is -1.31. The molecule has 0 aromatic heterocycles. The predicted molar refractivity (Wildman–Crippen MR) is 61.5 cm³/mol. The first-order chi connectivity index (χ1) is 7.78. The third kappa shape index (κ3) is 3.37. The van der Waals surface area contributed by atoms with Crippen molar-refractivity contribution in [3.63, 3.8) is 0 Å². The van der Waals surface area contributed by atoms with Crippen LogP contribution in [0.2, 0.25) is 5.02 Å². The SMILES string of the molecule is O=C=NCc1cc(Cl)cc(OCC2CC2)c1. The molecule has 0 N–H and O–H groups in total. The molecule has 1 saturated carbocycles. The molecule has 0 atom stereocenters. The normalized spacial score (nSPS) is 14.3. The van der Waals surface area contributed by atoms with Crippen LogP contribution in [-0.4, -0.2) is 12.7 Å². The van der Waals surface area contributed by atoms with Crippen molar-refractivity contribution in [1.29, 1.82) is 0 Å². The Bertz CT molecular complexity index is 423. The average molecular weight is 238 g/mol. The van der Waals surface area contributed by atoms with Crippen LogP contribution in [0, 0.1) is 5.92 Å². The number of hydrogen-bond donors (Lipinski definition) is 0. The lowest BCUT2D eigenvalue weighted by Crippen LogP contribution is -1.99. The number of ether oxygens (including phenoxy) is 1. The third-order valence-electron chi connectivity index (χ3n) is 2.44. The Morgan fingerprint density at radius 1 is 1.44 bits per heavy atom. The lowest BCUT2D eigenvalue weighted by Gasteiger charge is -2.07. The monoisotopic (exact) mass is 237 g/mol. The Morgan fingerprint density at radius 2 is 2.25 bits per heavy atom. The van der Waals surface area contributed by atoms with Crippen LogP contribution in [0.4, 0.5) is 0 Å². The van der Waals surface area contributed by atoms with Gasteiger partial charge in [-0.3, -0.25) is 0 Å². The molecule has 1 aliphatic rings. The highest BCUT2D eigenvalue weighted by molar-refractivity contribution is 6.30. The van der Waals surface area contributed by atoms with Gasteiger partial charge in [0.1, 0.15) is 5.75 Å². The molecule has 0 radical (unpaired) electrons. The van der Waals surface area contributed by atoms with E-state index in [9.17, 15) is 4.79 Å². The summed E-state index contributed by atoms with van der Waals surface area (Å²) in [6, 6.07) is 5.40. The molecule has 0 spiro atoms. The van der Waals surface area contributed by atoms with Gasteiger partial charge < -0.3 is 4.74 Å². The summed E-state index contributed by atoms with van der Waals surface area (Å²) in [6.45, 7) is 1.04. The molecule has 1 aromatic carbocycles. The highest BCUT2D eigenvalue weighted by atomic mass is 35.5. The van der Waals surface area contributed by atoms with Crippen molar-refractivity contribution in [3.8, 4) is 5.75 Å². The molecule has 1 aromatic rings. The van der Waals surface area contributed by atoms with Crippen molar-refractivity contribution in [1.82, 2.24) is 0 Å². The van der Waals surface area contributed by atoms with Gasteiger partial charge in [0, 0.05) is 5.02 Å². The average Bonchev–Trinajstić information content (AvgIpc) is 3.07. The number of halogens is 1. The Kier molecular flexibility index (Phi) is 3.60. The summed E-state index contributed by atoms with van der Waals surface area (Å²) in [5.41, 5.74) is 0.863. The molecule has 0 saturated heterocycles. The molecule has 1 fully saturated rings. The Labute approximate surface area is 99.1 Å². The third-order valence-corrected chi connectivity index (χ3v) is 2.66. The fourth-order valence-corrected chi connectivity index (χ4v) is 1.67. The standard InChI is InChI=1S/C12H12ClNO2/c13-11-3-10(6-14-8-15)4-12(5-11)16-7-9-1-2-9/h3-5,9H,1-2,6-7H2. The van der Waals surface area contributed by atoms with Crippen LogP contribution < -0.4 is 4.74 Å². The van der Waals surface area contributed by atoms with Crippen LogP contribution >= 0.6 is 11.6 Å². The second kappa shape index (κ2) is 5.15. The first-order valence-electron chi connectivity index (χ1n) is 5.24. The largest absolute Gasteiger partial charge is 0.493 e. The zero-order valence-electron chi connectivity index (χ0n) is 8.78. The minimum atomic E-state index is 0.295. The van der Waals surface area contributed by atoms with Crippen LogP contribution in [0.15, 0.2) is 23.2 Å². The van der Waals surface area contributed by atoms with E-state index in [2.05, 4.69) is 4.99 Å². The van der Waals surface area contributed by atoms with Crippen LogP contribution in [0.1, 0.15) is 18.4 Å². The number of carbonyl (C=O) groups excluding carboxylic acids is 1. The second-order valence-electron chi connectivity index (χ2n) is 3.96. The van der Waals surface area contributed by atoms with E-state index < -0.39 is 0 Å². The summed E-state index contributed by atoms with van der Waals surface area (Å²) in [7, 11) is 0. The van der Waals surface area contributed by atoms with Gasteiger partial charge in [-0.15, -0.1) is 0 Å². The fraction of sp³-hybridized carbons (Fsp3) is 0.417. The number of isocyanates is 1. The van der Waals surface area contributed by atoms with Crippen molar-refractivity contribution >= 4 is 17.7 Å². The number of benzene rings is 1. The van der Waals surface area contributed by atoms with Crippen LogP contribution in [0.5, 0.6) is 5.75 Å². The van der Waals surface area contributed by atoms with Gasteiger partial charge in [-0.05, 0) is 42.5 Å². The van der Waals surface area contributed by atoms with Gasteiger partial charge in [0.05, 0.1) is 13.2 Å². The number of aliphatic imine (C=N–C) groups is 1. The topological polar surface area (TPSA) is 38.7 Å². The zero-order valence-corrected chi connectivity index (χ0v) is 9.54. The Balaban J connectivity index is 2.04. The second-order valence-corrected chi connectivity index (χ2v) is 4.39. The summed E-state index contributed by atoms with van der Waals surface area (Å²) < 4.78 is 5.61. The maximum Gasteiger partial charge on any atom is 0.235 e. The van der Waals surface area contributed by atoms with Gasteiger partial charge >= 0.3 is 0 Å². The molecule has 0 heterocycles. The molecule has 16 heavy (non-hydrogen) atoms. The molecule has 84 valence electrons. The molecular formula is C12H12ClNO2. The molecule has 2 rings (SSSR count). The minimum absolute atomic E-state index is 0.295. The van der Waals surface area contributed by atoms with Gasteiger partial charge in [0.2, 0.25) is 6.08 Å². The van der Waals surface area contributed by atoms with Crippen LogP contribution in [-0.2, 0) is 11.3 Å². The smallest absolute Gasteiger partial charge is 0.235 e. The van der Waals surface area contributed by atoms with Gasteiger partial charge in [0.25, 0.3) is 0 Å². The van der Waals surface area contributed by atoms with E-state index in [1.807, 2.05) is 6.07 Å². The summed E-state index contributed by atoms with van der Waals surface area (Å²) in [5, 5.41) is 0.601. The summed E-state index contributed by atoms with van der Waals surface area (Å²) in [5.74, 6) is 1.45. The van der Waals surface area contributed by atoms with E-state index >= 15 is 0 Å². The molecule has 0 amide bonds. The number of nitrogens with zero attached hydrogens (tertiary/aromatic N) is 1. The molecule has 1 aliphatic carbocycles. The van der Waals surface area contributed by atoms with Crippen molar-refractivity contribution in [2.75, 3.05) is 6.61 Å². The number of hydrogen-bond acceptors (Lipinski definition) is 3. The molecule has 0 bridgehead atoms. The molecule has 3 nitrogen and oxygen atoms in total. The predicted octanol–water partition coefficient (Wildman–Crippen LogP) is 2.96. The van der Waals surface area contributed by atoms with Gasteiger partial charge in [-0.1, -0.05) is 11.6 Å². The van der Waals surface area contributed by atoms with E-state index in [-0.39, 0.29) is 0 Å². The fourth-order valence-electron chi connectivity index (χ4n) is 1.42. The lowest BCUT2D eigenvalue weighted by molar-refractivity contribution is 0.299. The maximum absolute atomic E-state index is 10.0.